The van der Waals surface area contributed by atoms with Crippen LogP contribution in [0.4, 0.5) is 8.78 Å². The second-order valence-electron chi connectivity index (χ2n) is 7.34. The number of likely N-dealkylation sites (tertiary alicyclic amines) is 1. The molecule has 4 rings (SSSR count). The lowest BCUT2D eigenvalue weighted by Crippen LogP contribution is -2.55. The van der Waals surface area contributed by atoms with Crippen LogP contribution in [0, 0.1) is 11.6 Å². The van der Waals surface area contributed by atoms with Crippen LogP contribution in [0.2, 0.25) is 0 Å². The fourth-order valence-corrected chi connectivity index (χ4v) is 4.38. The van der Waals surface area contributed by atoms with Crippen molar-refractivity contribution in [3.05, 3.63) is 71.3 Å². The number of nitrogens with zero attached hydrogens (tertiary/aromatic N) is 3. The number of hydrogen-bond acceptors (Lipinski definition) is 4. The summed E-state index contributed by atoms with van der Waals surface area (Å²) in [5, 5.41) is 0. The molecule has 2 heterocycles. The third kappa shape index (κ3) is 3.60. The van der Waals surface area contributed by atoms with Crippen molar-refractivity contribution in [2.24, 2.45) is 4.99 Å². The van der Waals surface area contributed by atoms with E-state index in [0.29, 0.717) is 34.7 Å². The Morgan fingerprint density at radius 1 is 1.03 bits per heavy atom. The van der Waals surface area contributed by atoms with Gasteiger partial charge in [-0.1, -0.05) is 19.1 Å². The molecule has 0 bridgehead atoms. The van der Waals surface area contributed by atoms with Gasteiger partial charge >= 0.3 is 0 Å². The predicted molar refractivity (Wildman–Crippen MR) is 112 cm³/mol. The predicted octanol–water partition coefficient (Wildman–Crippen LogP) is 4.05. The maximum atomic E-state index is 13.4. The number of aliphatic imine (C=N–C) groups is 1. The Balaban J connectivity index is 1.74. The van der Waals surface area contributed by atoms with Crippen LogP contribution in [0.3, 0.4) is 0 Å². The highest BCUT2D eigenvalue weighted by Gasteiger charge is 2.49. The number of carbonyl (C=O) groups excluding carboxylic acids is 1. The molecule has 2 aromatic rings. The SMILES string of the molecule is CCN1CCC2(CC1)N=C(c1ccc(F)cc1)C(=S)N2C(=O)c1ccc(F)cc1. The van der Waals surface area contributed by atoms with Crippen molar-refractivity contribution in [3.63, 3.8) is 0 Å². The van der Waals surface area contributed by atoms with E-state index in [0.717, 1.165) is 19.6 Å². The number of benzene rings is 2. The Kier molecular flexibility index (Phi) is 5.27. The van der Waals surface area contributed by atoms with Gasteiger partial charge in [0.2, 0.25) is 0 Å². The Morgan fingerprint density at radius 2 is 1.59 bits per heavy atom. The summed E-state index contributed by atoms with van der Waals surface area (Å²) in [4.78, 5) is 22.5. The molecule has 2 aliphatic rings. The highest BCUT2D eigenvalue weighted by molar-refractivity contribution is 7.82. The zero-order valence-electron chi connectivity index (χ0n) is 16.1. The number of hydrogen-bond donors (Lipinski definition) is 0. The van der Waals surface area contributed by atoms with E-state index < -0.39 is 11.5 Å². The number of halogens is 2. The molecule has 1 spiro atoms. The molecule has 2 aliphatic heterocycles. The maximum absolute atomic E-state index is 13.4. The molecule has 0 unspecified atom stereocenters. The van der Waals surface area contributed by atoms with Crippen molar-refractivity contribution in [2.75, 3.05) is 19.6 Å². The maximum Gasteiger partial charge on any atom is 0.260 e. The van der Waals surface area contributed by atoms with E-state index in [2.05, 4.69) is 11.8 Å². The van der Waals surface area contributed by atoms with Crippen LogP contribution in [-0.2, 0) is 0 Å². The van der Waals surface area contributed by atoms with Crippen LogP contribution in [0.25, 0.3) is 0 Å². The van der Waals surface area contributed by atoms with Crippen molar-refractivity contribution in [3.8, 4) is 0 Å². The summed E-state index contributed by atoms with van der Waals surface area (Å²) >= 11 is 5.68. The minimum absolute atomic E-state index is 0.291. The number of piperidine rings is 1. The molecule has 150 valence electrons. The third-order valence-corrected chi connectivity index (χ3v) is 6.03. The van der Waals surface area contributed by atoms with Gasteiger partial charge < -0.3 is 4.90 Å². The first-order valence-corrected chi connectivity index (χ1v) is 10.1. The molecule has 29 heavy (non-hydrogen) atoms. The van der Waals surface area contributed by atoms with E-state index in [1.165, 1.54) is 36.4 Å². The summed E-state index contributed by atoms with van der Waals surface area (Å²) in [6.45, 7) is 4.63. The highest BCUT2D eigenvalue weighted by atomic mass is 32.1. The van der Waals surface area contributed by atoms with Gasteiger partial charge in [0, 0.05) is 37.1 Å². The second-order valence-corrected chi connectivity index (χ2v) is 7.72. The first-order chi connectivity index (χ1) is 13.9. The molecule has 1 amide bonds. The van der Waals surface area contributed by atoms with E-state index in [9.17, 15) is 13.6 Å². The fourth-order valence-electron chi connectivity index (χ4n) is 3.96. The van der Waals surface area contributed by atoms with Gasteiger partial charge in [-0.05, 0) is 55.1 Å². The van der Waals surface area contributed by atoms with Crippen LogP contribution in [0.5, 0.6) is 0 Å². The zero-order valence-corrected chi connectivity index (χ0v) is 16.9. The van der Waals surface area contributed by atoms with Crippen LogP contribution in [0.1, 0.15) is 35.7 Å². The Labute approximate surface area is 173 Å². The van der Waals surface area contributed by atoms with Crippen molar-refractivity contribution in [2.45, 2.75) is 25.4 Å². The van der Waals surface area contributed by atoms with Gasteiger partial charge in [0.25, 0.3) is 5.91 Å². The summed E-state index contributed by atoms with van der Waals surface area (Å²) in [5.74, 6) is -1.04. The molecule has 1 saturated heterocycles. The molecule has 0 N–H and O–H groups in total. The van der Waals surface area contributed by atoms with Gasteiger partial charge in [-0.3, -0.25) is 14.7 Å². The average molecular weight is 413 g/mol. The van der Waals surface area contributed by atoms with Gasteiger partial charge in [0.15, 0.2) is 0 Å². The molecule has 7 heteroatoms. The quantitative estimate of drug-likeness (QED) is 0.713. The van der Waals surface area contributed by atoms with Crippen molar-refractivity contribution < 1.29 is 13.6 Å². The Morgan fingerprint density at radius 3 is 2.14 bits per heavy atom. The van der Waals surface area contributed by atoms with Crippen LogP contribution < -0.4 is 0 Å². The number of thiocarbonyl (C=S) groups is 1. The topological polar surface area (TPSA) is 35.9 Å². The number of rotatable bonds is 3. The molecule has 0 saturated carbocycles. The largest absolute Gasteiger partial charge is 0.303 e. The van der Waals surface area contributed by atoms with E-state index in [1.54, 1.807) is 17.0 Å². The first kappa shape index (κ1) is 19.8. The zero-order chi connectivity index (χ0) is 20.6. The molecular formula is C22H21F2N3OS. The third-order valence-electron chi connectivity index (χ3n) is 5.66. The lowest BCUT2D eigenvalue weighted by Gasteiger charge is -2.42. The van der Waals surface area contributed by atoms with E-state index >= 15 is 0 Å². The fraction of sp³-hybridized carbons (Fsp3) is 0.318. The molecular weight excluding hydrogens is 392 g/mol. The minimum Gasteiger partial charge on any atom is -0.303 e. The summed E-state index contributed by atoms with van der Waals surface area (Å²) in [6, 6.07) is 11.4. The Hall–Kier alpha value is -2.51. The summed E-state index contributed by atoms with van der Waals surface area (Å²) in [7, 11) is 0. The van der Waals surface area contributed by atoms with Gasteiger partial charge in [-0.15, -0.1) is 0 Å². The first-order valence-electron chi connectivity index (χ1n) is 9.66. The van der Waals surface area contributed by atoms with Crippen molar-refractivity contribution in [1.29, 1.82) is 0 Å². The lowest BCUT2D eigenvalue weighted by atomic mass is 9.95. The normalized spacial score (nSPS) is 18.9. The van der Waals surface area contributed by atoms with Gasteiger partial charge in [-0.25, -0.2) is 8.78 Å². The van der Waals surface area contributed by atoms with Crippen molar-refractivity contribution >= 4 is 28.8 Å². The highest BCUT2D eigenvalue weighted by Crippen LogP contribution is 2.38. The molecule has 0 aromatic heterocycles. The summed E-state index contributed by atoms with van der Waals surface area (Å²) < 4.78 is 26.7. The number of carbonyl (C=O) groups is 1. The smallest absolute Gasteiger partial charge is 0.260 e. The molecule has 0 atom stereocenters. The second kappa shape index (κ2) is 7.72. The monoisotopic (exact) mass is 413 g/mol. The molecule has 2 aromatic carbocycles. The van der Waals surface area contributed by atoms with Gasteiger partial charge in [0.1, 0.15) is 28.0 Å². The average Bonchev–Trinajstić information content (AvgIpc) is 3.01. The van der Waals surface area contributed by atoms with E-state index in [1.807, 2.05) is 0 Å². The van der Waals surface area contributed by atoms with Crippen molar-refractivity contribution in [1.82, 2.24) is 9.80 Å². The van der Waals surface area contributed by atoms with Crippen LogP contribution in [0.15, 0.2) is 53.5 Å². The minimum atomic E-state index is -0.766. The number of amides is 1. The van der Waals surface area contributed by atoms with Crippen LogP contribution >= 0.6 is 12.2 Å². The Bertz CT molecular complexity index is 965. The van der Waals surface area contributed by atoms with E-state index in [-0.39, 0.29) is 11.7 Å². The van der Waals surface area contributed by atoms with Gasteiger partial charge in [-0.2, -0.15) is 0 Å². The van der Waals surface area contributed by atoms with Gasteiger partial charge in [0.05, 0.1) is 0 Å². The summed E-state index contributed by atoms with van der Waals surface area (Å²) in [5.41, 5.74) is 0.808. The molecule has 1 fully saturated rings. The van der Waals surface area contributed by atoms with E-state index in [4.69, 9.17) is 17.2 Å². The summed E-state index contributed by atoms with van der Waals surface area (Å²) in [6.07, 6.45) is 1.30. The lowest BCUT2D eigenvalue weighted by molar-refractivity contribution is 0.0544. The molecule has 0 aliphatic carbocycles. The standard InChI is InChI=1S/C22H21F2N3OS/c1-2-26-13-11-22(12-14-26)25-19(15-3-7-17(23)8-4-15)21(29)27(22)20(28)16-5-9-18(24)10-6-16/h3-10H,2,11-14H2,1H3. The van der Waals surface area contributed by atoms with Crippen LogP contribution in [-0.4, -0.2) is 51.7 Å². The molecule has 4 nitrogen and oxygen atoms in total. The molecule has 0 radical (unpaired) electrons.